The summed E-state index contributed by atoms with van der Waals surface area (Å²) in [6.45, 7) is 3.94. The molecular weight excluding hydrogens is 476 g/mol. The molecule has 0 aromatic heterocycles. The summed E-state index contributed by atoms with van der Waals surface area (Å²) in [6, 6.07) is -4.83. The highest BCUT2D eigenvalue weighted by molar-refractivity contribution is 5.94. The van der Waals surface area contributed by atoms with Gasteiger partial charge in [0, 0.05) is 12.8 Å². The van der Waals surface area contributed by atoms with Crippen LogP contribution in [0.1, 0.15) is 65.2 Å². The van der Waals surface area contributed by atoms with Gasteiger partial charge in [-0.1, -0.05) is 13.8 Å². The summed E-state index contributed by atoms with van der Waals surface area (Å²) in [5.74, 6) is -5.48. The second kappa shape index (κ2) is 17.2. The van der Waals surface area contributed by atoms with E-state index in [9.17, 15) is 33.9 Å². The van der Waals surface area contributed by atoms with Gasteiger partial charge in [-0.05, 0) is 51.0 Å². The molecule has 0 aliphatic rings. The van der Waals surface area contributed by atoms with Gasteiger partial charge >= 0.3 is 11.9 Å². The highest BCUT2D eigenvalue weighted by Crippen LogP contribution is 2.09. The third-order valence-corrected chi connectivity index (χ3v) is 5.22. The van der Waals surface area contributed by atoms with E-state index in [-0.39, 0.29) is 38.0 Å². The molecule has 206 valence electrons. The number of primary amides is 1. The third-order valence-electron chi connectivity index (χ3n) is 5.22. The normalized spacial score (nSPS) is 14.2. The second-order valence-corrected chi connectivity index (χ2v) is 8.98. The minimum absolute atomic E-state index is 0.0222. The summed E-state index contributed by atoms with van der Waals surface area (Å²) in [5.41, 5.74) is 16.3. The molecule has 0 fully saturated rings. The molecule has 0 spiro atoms. The molecule has 0 rings (SSSR count). The van der Waals surface area contributed by atoms with Crippen molar-refractivity contribution < 1.29 is 39.0 Å². The van der Waals surface area contributed by atoms with E-state index in [0.29, 0.717) is 19.4 Å². The first-order valence-electron chi connectivity index (χ1n) is 11.9. The Kier molecular flexibility index (Phi) is 15.7. The molecule has 0 aromatic carbocycles. The van der Waals surface area contributed by atoms with Crippen LogP contribution in [0.3, 0.4) is 0 Å². The summed E-state index contributed by atoms with van der Waals surface area (Å²) in [5, 5.41) is 25.7. The largest absolute Gasteiger partial charge is 0.481 e. The topological polar surface area (TPSA) is 257 Å². The zero-order chi connectivity index (χ0) is 27.8. The zero-order valence-electron chi connectivity index (χ0n) is 20.8. The molecule has 4 unspecified atom stereocenters. The summed E-state index contributed by atoms with van der Waals surface area (Å²) in [7, 11) is 0. The lowest BCUT2D eigenvalue weighted by Gasteiger charge is -2.25. The van der Waals surface area contributed by atoms with Crippen molar-refractivity contribution in [1.82, 2.24) is 16.0 Å². The number of nitrogens with one attached hydrogen (secondary N) is 3. The molecule has 0 aliphatic heterocycles. The maximum absolute atomic E-state index is 13.0. The number of carbonyl (C=O) groups is 6. The van der Waals surface area contributed by atoms with Gasteiger partial charge in [-0.25, -0.2) is 4.79 Å². The van der Waals surface area contributed by atoms with Gasteiger partial charge < -0.3 is 43.4 Å². The quantitative estimate of drug-likeness (QED) is 0.0889. The lowest BCUT2D eigenvalue weighted by Crippen LogP contribution is -2.57. The van der Waals surface area contributed by atoms with Crippen LogP contribution in [0.4, 0.5) is 0 Å². The number of carbonyl (C=O) groups excluding carboxylic acids is 4. The molecule has 4 amide bonds. The Morgan fingerprint density at radius 1 is 0.750 bits per heavy atom. The Hall–Kier alpha value is -3.26. The molecule has 0 radical (unpaired) electrons. The van der Waals surface area contributed by atoms with Gasteiger partial charge in [0.2, 0.25) is 23.6 Å². The van der Waals surface area contributed by atoms with Gasteiger partial charge in [0.25, 0.3) is 0 Å². The van der Waals surface area contributed by atoms with Crippen molar-refractivity contribution in [3.63, 3.8) is 0 Å². The van der Waals surface area contributed by atoms with Crippen LogP contribution in [0.15, 0.2) is 0 Å². The van der Waals surface area contributed by atoms with Crippen LogP contribution in [0, 0.1) is 5.92 Å². The molecule has 0 bridgehead atoms. The Morgan fingerprint density at radius 2 is 1.28 bits per heavy atom. The van der Waals surface area contributed by atoms with Crippen molar-refractivity contribution in [2.45, 2.75) is 89.4 Å². The van der Waals surface area contributed by atoms with Gasteiger partial charge in [-0.2, -0.15) is 0 Å². The molecule has 0 saturated carbocycles. The molecular formula is C22H40N6O8. The summed E-state index contributed by atoms with van der Waals surface area (Å²) < 4.78 is 0. The van der Waals surface area contributed by atoms with E-state index in [4.69, 9.17) is 22.3 Å². The van der Waals surface area contributed by atoms with Crippen molar-refractivity contribution in [1.29, 1.82) is 0 Å². The fourth-order valence-electron chi connectivity index (χ4n) is 3.24. The SMILES string of the molecule is CC(C)CC(NC(=O)C(CCCCN)NC(=O)C(CCC(=O)O)NC(=O)C(N)CCC(N)=O)C(=O)O. The van der Waals surface area contributed by atoms with Gasteiger partial charge in [0.15, 0.2) is 0 Å². The Morgan fingerprint density at radius 3 is 1.75 bits per heavy atom. The van der Waals surface area contributed by atoms with Gasteiger partial charge in [-0.3, -0.25) is 24.0 Å². The summed E-state index contributed by atoms with van der Waals surface area (Å²) >= 11 is 0. The van der Waals surface area contributed by atoms with Crippen LogP contribution < -0.4 is 33.2 Å². The Balaban J connectivity index is 5.57. The highest BCUT2D eigenvalue weighted by atomic mass is 16.4. The predicted octanol–water partition coefficient (Wildman–Crippen LogP) is -1.84. The molecule has 11 N–H and O–H groups in total. The number of carboxylic acids is 2. The van der Waals surface area contributed by atoms with E-state index >= 15 is 0 Å². The number of hydrogen-bond donors (Lipinski definition) is 8. The van der Waals surface area contributed by atoms with E-state index in [2.05, 4.69) is 16.0 Å². The number of aliphatic carboxylic acids is 2. The first kappa shape index (κ1) is 32.7. The summed E-state index contributed by atoms with van der Waals surface area (Å²) in [6.07, 6.45) is 0.302. The van der Waals surface area contributed by atoms with E-state index in [1.807, 2.05) is 0 Å². The lowest BCUT2D eigenvalue weighted by atomic mass is 10.0. The first-order chi connectivity index (χ1) is 16.8. The van der Waals surface area contributed by atoms with Crippen LogP contribution in [0.5, 0.6) is 0 Å². The van der Waals surface area contributed by atoms with E-state index < -0.39 is 66.2 Å². The van der Waals surface area contributed by atoms with Crippen molar-refractivity contribution >= 4 is 35.6 Å². The fourth-order valence-corrected chi connectivity index (χ4v) is 3.24. The molecule has 0 aromatic rings. The number of amides is 4. The van der Waals surface area contributed by atoms with Crippen LogP contribution in [-0.4, -0.2) is 76.5 Å². The minimum atomic E-state index is -1.34. The summed E-state index contributed by atoms with van der Waals surface area (Å²) in [4.78, 5) is 71.8. The van der Waals surface area contributed by atoms with Crippen LogP contribution in [0.2, 0.25) is 0 Å². The third kappa shape index (κ3) is 14.2. The molecule has 0 aliphatic carbocycles. The number of unbranched alkanes of at least 4 members (excludes halogenated alkanes) is 1. The van der Waals surface area contributed by atoms with Crippen molar-refractivity contribution in [2.75, 3.05) is 6.54 Å². The molecule has 0 heterocycles. The lowest BCUT2D eigenvalue weighted by molar-refractivity contribution is -0.143. The van der Waals surface area contributed by atoms with Crippen LogP contribution in [-0.2, 0) is 28.8 Å². The minimum Gasteiger partial charge on any atom is -0.481 e. The standard InChI is InChI=1S/C22H40N6O8/c1-12(2)11-16(22(35)36)28-20(33)14(5-3-4-10-23)27-21(34)15(7-9-18(30)31)26-19(32)13(24)6-8-17(25)29/h12-16H,3-11,23-24H2,1-2H3,(H2,25,29)(H,26,32)(H,27,34)(H,28,33)(H,30,31)(H,35,36). The van der Waals surface area contributed by atoms with Gasteiger partial charge in [-0.15, -0.1) is 0 Å². The van der Waals surface area contributed by atoms with Gasteiger partial charge in [0.05, 0.1) is 6.04 Å². The predicted molar refractivity (Wildman–Crippen MR) is 129 cm³/mol. The molecule has 14 heteroatoms. The van der Waals surface area contributed by atoms with E-state index in [1.54, 1.807) is 13.8 Å². The fraction of sp³-hybridized carbons (Fsp3) is 0.727. The van der Waals surface area contributed by atoms with E-state index in [1.165, 1.54) is 0 Å². The maximum Gasteiger partial charge on any atom is 0.326 e. The van der Waals surface area contributed by atoms with Gasteiger partial charge in [0.1, 0.15) is 18.1 Å². The van der Waals surface area contributed by atoms with Crippen LogP contribution in [0.25, 0.3) is 0 Å². The maximum atomic E-state index is 13.0. The molecule has 36 heavy (non-hydrogen) atoms. The molecule has 0 saturated heterocycles. The average molecular weight is 517 g/mol. The molecule has 4 atom stereocenters. The number of hydrogen-bond acceptors (Lipinski definition) is 8. The number of carboxylic acid groups (broad SMARTS) is 2. The van der Waals surface area contributed by atoms with Crippen molar-refractivity contribution in [2.24, 2.45) is 23.1 Å². The van der Waals surface area contributed by atoms with Crippen LogP contribution >= 0.6 is 0 Å². The average Bonchev–Trinajstić information content (AvgIpc) is 2.78. The smallest absolute Gasteiger partial charge is 0.326 e. The Bertz CT molecular complexity index is 776. The van der Waals surface area contributed by atoms with E-state index in [0.717, 1.165) is 0 Å². The monoisotopic (exact) mass is 516 g/mol. The number of nitrogens with two attached hydrogens (primary N) is 3. The van der Waals surface area contributed by atoms with Crippen molar-refractivity contribution in [3.8, 4) is 0 Å². The number of rotatable bonds is 19. The zero-order valence-corrected chi connectivity index (χ0v) is 20.8. The Labute approximate surface area is 210 Å². The highest BCUT2D eigenvalue weighted by Gasteiger charge is 2.30. The second-order valence-electron chi connectivity index (χ2n) is 8.98. The molecule has 14 nitrogen and oxygen atoms in total. The van der Waals surface area contributed by atoms with Crippen molar-refractivity contribution in [3.05, 3.63) is 0 Å². The first-order valence-corrected chi connectivity index (χ1v) is 11.9.